The van der Waals surface area contributed by atoms with Gasteiger partial charge in [0.1, 0.15) is 0 Å². The van der Waals surface area contributed by atoms with E-state index in [4.69, 9.17) is 12.2 Å². The minimum Gasteiger partial charge on any atom is -0.330 e. The Labute approximate surface area is 117 Å². The number of rotatable bonds is 2. The zero-order valence-corrected chi connectivity index (χ0v) is 11.9. The molecule has 1 heterocycles. The molecule has 0 saturated heterocycles. The van der Waals surface area contributed by atoms with Gasteiger partial charge in [0.25, 0.3) is 0 Å². The van der Waals surface area contributed by atoms with Crippen molar-refractivity contribution in [2.24, 2.45) is 0 Å². The van der Waals surface area contributed by atoms with Gasteiger partial charge in [0.15, 0.2) is 4.77 Å². The molecule has 0 radical (unpaired) electrons. The van der Waals surface area contributed by atoms with E-state index < -0.39 is 0 Å². The van der Waals surface area contributed by atoms with Crippen molar-refractivity contribution in [2.45, 2.75) is 20.4 Å². The molecule has 3 heteroatoms. The van der Waals surface area contributed by atoms with Gasteiger partial charge in [-0.05, 0) is 48.8 Å². The number of imidazole rings is 1. The molecule has 0 atom stereocenters. The Bertz CT molecular complexity index is 796. The van der Waals surface area contributed by atoms with Crippen molar-refractivity contribution in [3.05, 3.63) is 63.9 Å². The van der Waals surface area contributed by atoms with Crippen LogP contribution < -0.4 is 0 Å². The average molecular weight is 268 g/mol. The quantitative estimate of drug-likeness (QED) is 0.685. The fourth-order valence-corrected chi connectivity index (χ4v) is 2.70. The highest BCUT2D eigenvalue weighted by atomic mass is 32.1. The molecular formula is C16H16N2S. The van der Waals surface area contributed by atoms with Gasteiger partial charge in [-0.2, -0.15) is 0 Å². The van der Waals surface area contributed by atoms with Crippen molar-refractivity contribution < 1.29 is 0 Å². The second-order valence-electron chi connectivity index (χ2n) is 4.91. The molecule has 1 aromatic heterocycles. The summed E-state index contributed by atoms with van der Waals surface area (Å²) in [5.74, 6) is 0. The predicted octanol–water partition coefficient (Wildman–Crippen LogP) is 4.36. The summed E-state index contributed by atoms with van der Waals surface area (Å²) in [7, 11) is 0. The van der Waals surface area contributed by atoms with Crippen LogP contribution in [0.25, 0.3) is 11.0 Å². The first kappa shape index (κ1) is 12.2. The summed E-state index contributed by atoms with van der Waals surface area (Å²) in [6.45, 7) is 5.06. The highest BCUT2D eigenvalue weighted by Gasteiger charge is 2.07. The first-order valence-corrected chi connectivity index (χ1v) is 6.80. The molecule has 96 valence electrons. The van der Waals surface area contributed by atoms with Crippen LogP contribution in [0.1, 0.15) is 16.7 Å². The molecule has 1 N–H and O–H groups in total. The van der Waals surface area contributed by atoms with Crippen LogP contribution in [0.15, 0.2) is 42.5 Å². The van der Waals surface area contributed by atoms with E-state index in [1.54, 1.807) is 0 Å². The normalized spacial score (nSPS) is 11.1. The second kappa shape index (κ2) is 4.67. The van der Waals surface area contributed by atoms with Gasteiger partial charge in [0.05, 0.1) is 17.6 Å². The lowest BCUT2D eigenvalue weighted by atomic mass is 10.1. The Balaban J connectivity index is 2.16. The van der Waals surface area contributed by atoms with Gasteiger partial charge in [-0.3, -0.25) is 0 Å². The lowest BCUT2D eigenvalue weighted by Crippen LogP contribution is -2.01. The number of aromatic amines is 1. The third kappa shape index (κ3) is 2.10. The maximum atomic E-state index is 5.46. The van der Waals surface area contributed by atoms with E-state index in [-0.39, 0.29) is 0 Å². The Morgan fingerprint density at radius 1 is 1.00 bits per heavy atom. The first-order chi connectivity index (χ1) is 9.16. The summed E-state index contributed by atoms with van der Waals surface area (Å²) in [5.41, 5.74) is 6.15. The summed E-state index contributed by atoms with van der Waals surface area (Å²) in [5, 5.41) is 0. The third-order valence-electron chi connectivity index (χ3n) is 3.61. The molecule has 2 nitrogen and oxygen atoms in total. The van der Waals surface area contributed by atoms with Gasteiger partial charge in [-0.1, -0.05) is 36.4 Å². The standard InChI is InChI=1S/C16H16N2S/c1-11-6-3-4-8-13(11)10-18-14-9-5-7-12(2)15(14)17-16(18)19/h3-9H,10H2,1-2H3,(H,17,19). The van der Waals surface area contributed by atoms with Crippen LogP contribution in [0.5, 0.6) is 0 Å². The van der Waals surface area contributed by atoms with Crippen molar-refractivity contribution in [3.8, 4) is 0 Å². The summed E-state index contributed by atoms with van der Waals surface area (Å²) < 4.78 is 2.95. The number of hydrogen-bond acceptors (Lipinski definition) is 1. The molecule has 0 spiro atoms. The molecule has 3 aromatic rings. The van der Waals surface area contributed by atoms with Crippen molar-refractivity contribution >= 4 is 23.3 Å². The molecule has 0 amide bonds. The van der Waals surface area contributed by atoms with Crippen LogP contribution >= 0.6 is 12.2 Å². The molecule has 0 bridgehead atoms. The number of benzene rings is 2. The van der Waals surface area contributed by atoms with Crippen molar-refractivity contribution in [1.82, 2.24) is 9.55 Å². The maximum absolute atomic E-state index is 5.46. The van der Waals surface area contributed by atoms with Crippen LogP contribution in [-0.2, 0) is 6.54 Å². The molecule has 0 saturated carbocycles. The SMILES string of the molecule is Cc1ccccc1Cn1c(=S)[nH]c2c(C)cccc21. The molecule has 19 heavy (non-hydrogen) atoms. The van der Waals surface area contributed by atoms with Gasteiger partial charge < -0.3 is 9.55 Å². The van der Waals surface area contributed by atoms with Gasteiger partial charge in [-0.15, -0.1) is 0 Å². The number of hydrogen-bond donors (Lipinski definition) is 1. The van der Waals surface area contributed by atoms with Gasteiger partial charge >= 0.3 is 0 Å². The van der Waals surface area contributed by atoms with E-state index in [1.165, 1.54) is 22.2 Å². The zero-order chi connectivity index (χ0) is 13.4. The van der Waals surface area contributed by atoms with E-state index >= 15 is 0 Å². The van der Waals surface area contributed by atoms with Crippen LogP contribution in [0.2, 0.25) is 0 Å². The molecule has 0 unspecified atom stereocenters. The topological polar surface area (TPSA) is 20.7 Å². The highest BCUT2D eigenvalue weighted by Crippen LogP contribution is 2.20. The summed E-state index contributed by atoms with van der Waals surface area (Å²) in [6.07, 6.45) is 0. The number of para-hydroxylation sites is 1. The van der Waals surface area contributed by atoms with Crippen LogP contribution in [0.3, 0.4) is 0 Å². The summed E-state index contributed by atoms with van der Waals surface area (Å²) in [6, 6.07) is 14.7. The molecule has 0 aliphatic carbocycles. The Kier molecular flexibility index (Phi) is 2.99. The highest BCUT2D eigenvalue weighted by molar-refractivity contribution is 7.71. The third-order valence-corrected chi connectivity index (χ3v) is 3.93. The molecular weight excluding hydrogens is 252 g/mol. The largest absolute Gasteiger partial charge is 0.330 e. The molecule has 0 fully saturated rings. The molecule has 0 aliphatic heterocycles. The van der Waals surface area contributed by atoms with Gasteiger partial charge in [0.2, 0.25) is 0 Å². The fourth-order valence-electron chi connectivity index (χ4n) is 2.44. The number of nitrogens with zero attached hydrogens (tertiary/aromatic N) is 1. The average Bonchev–Trinajstić information content (AvgIpc) is 2.71. The molecule has 2 aromatic carbocycles. The van der Waals surface area contributed by atoms with Crippen molar-refractivity contribution in [1.29, 1.82) is 0 Å². The Morgan fingerprint density at radius 2 is 1.74 bits per heavy atom. The fraction of sp³-hybridized carbons (Fsp3) is 0.188. The number of nitrogens with one attached hydrogen (secondary N) is 1. The number of fused-ring (bicyclic) bond motifs is 1. The lowest BCUT2D eigenvalue weighted by Gasteiger charge is -2.08. The Morgan fingerprint density at radius 3 is 2.53 bits per heavy atom. The first-order valence-electron chi connectivity index (χ1n) is 6.39. The number of aromatic nitrogens is 2. The monoisotopic (exact) mass is 268 g/mol. The minimum atomic E-state index is 0.785. The minimum absolute atomic E-state index is 0.785. The molecule has 0 aliphatic rings. The molecule has 3 rings (SSSR count). The predicted molar refractivity (Wildman–Crippen MR) is 82.1 cm³/mol. The van der Waals surface area contributed by atoms with Gasteiger partial charge in [0, 0.05) is 0 Å². The van der Waals surface area contributed by atoms with E-state index in [0.717, 1.165) is 16.8 Å². The van der Waals surface area contributed by atoms with E-state index in [0.29, 0.717) is 0 Å². The van der Waals surface area contributed by atoms with Crippen molar-refractivity contribution in [3.63, 3.8) is 0 Å². The number of aryl methyl sites for hydroxylation is 2. The smallest absolute Gasteiger partial charge is 0.178 e. The van der Waals surface area contributed by atoms with Crippen LogP contribution in [0, 0.1) is 18.6 Å². The van der Waals surface area contributed by atoms with E-state index in [9.17, 15) is 0 Å². The summed E-state index contributed by atoms with van der Waals surface area (Å²) in [4.78, 5) is 3.31. The van der Waals surface area contributed by atoms with Crippen LogP contribution in [-0.4, -0.2) is 9.55 Å². The summed E-state index contributed by atoms with van der Waals surface area (Å²) >= 11 is 5.46. The lowest BCUT2D eigenvalue weighted by molar-refractivity contribution is 0.805. The number of H-pyrrole nitrogens is 1. The zero-order valence-electron chi connectivity index (χ0n) is 11.1. The van der Waals surface area contributed by atoms with Gasteiger partial charge in [-0.25, -0.2) is 0 Å². The second-order valence-corrected chi connectivity index (χ2v) is 5.30. The van der Waals surface area contributed by atoms with E-state index in [2.05, 4.69) is 65.9 Å². The van der Waals surface area contributed by atoms with E-state index in [1.807, 2.05) is 0 Å². The Hall–Kier alpha value is -1.87. The van der Waals surface area contributed by atoms with Crippen LogP contribution in [0.4, 0.5) is 0 Å². The van der Waals surface area contributed by atoms with Crippen molar-refractivity contribution in [2.75, 3.05) is 0 Å². The maximum Gasteiger partial charge on any atom is 0.178 e.